The first kappa shape index (κ1) is 23.9. The summed E-state index contributed by atoms with van der Waals surface area (Å²) in [6, 6.07) is 17.0. The van der Waals surface area contributed by atoms with Gasteiger partial charge in [-0.25, -0.2) is 13.2 Å². The Morgan fingerprint density at radius 1 is 1.03 bits per heavy atom. The molecular weight excluding hydrogens is 440 g/mol. The molecule has 1 atom stereocenters. The van der Waals surface area contributed by atoms with Crippen molar-refractivity contribution in [2.75, 3.05) is 12.0 Å². The molecule has 0 aliphatic rings. The molecule has 2 aromatic carbocycles. The van der Waals surface area contributed by atoms with Gasteiger partial charge in [0.1, 0.15) is 15.9 Å². The Kier molecular flexibility index (Phi) is 7.74. The molecule has 0 radical (unpaired) electrons. The zero-order valence-electron chi connectivity index (χ0n) is 18.0. The topological polar surface area (TPSA) is 113 Å². The van der Waals surface area contributed by atoms with Crippen LogP contribution >= 0.6 is 0 Å². The van der Waals surface area contributed by atoms with E-state index in [0.29, 0.717) is 11.1 Å². The average Bonchev–Trinajstić information content (AvgIpc) is 2.80. The number of carbonyl (C=O) groups excluding carboxylic acids is 1. The van der Waals surface area contributed by atoms with Crippen LogP contribution in [0.25, 0.3) is 23.3 Å². The average molecular weight is 465 g/mol. The fraction of sp³-hybridized carbons (Fsp3) is 0.160. The molecule has 3 rings (SSSR count). The monoisotopic (exact) mass is 464 g/mol. The van der Waals surface area contributed by atoms with Gasteiger partial charge in [-0.1, -0.05) is 54.6 Å². The lowest BCUT2D eigenvalue weighted by Gasteiger charge is -2.16. The quantitative estimate of drug-likeness (QED) is 0.501. The minimum atomic E-state index is -3.37. The van der Waals surface area contributed by atoms with Crippen molar-refractivity contribution in [2.24, 2.45) is 0 Å². The molecular formula is C25H24N2O5S. The van der Waals surface area contributed by atoms with Crippen LogP contribution in [0.1, 0.15) is 27.9 Å². The third-order valence-electron chi connectivity index (χ3n) is 4.91. The largest absolute Gasteiger partial charge is 0.480 e. The minimum Gasteiger partial charge on any atom is -0.480 e. The fourth-order valence-corrected chi connectivity index (χ4v) is 3.88. The predicted octanol–water partition coefficient (Wildman–Crippen LogP) is 3.54. The van der Waals surface area contributed by atoms with E-state index >= 15 is 0 Å². The van der Waals surface area contributed by atoms with E-state index in [1.165, 1.54) is 0 Å². The first-order valence-electron chi connectivity index (χ1n) is 10.2. The lowest BCUT2D eigenvalue weighted by Crippen LogP contribution is -2.42. The van der Waals surface area contributed by atoms with Crippen molar-refractivity contribution < 1.29 is 23.1 Å². The van der Waals surface area contributed by atoms with Crippen LogP contribution in [0.2, 0.25) is 0 Å². The second-order valence-electron chi connectivity index (χ2n) is 7.57. The normalized spacial score (nSPS) is 12.4. The van der Waals surface area contributed by atoms with Crippen molar-refractivity contribution in [1.82, 2.24) is 10.3 Å². The molecule has 1 aromatic heterocycles. The summed E-state index contributed by atoms with van der Waals surface area (Å²) in [6.45, 7) is 0. The molecule has 7 nitrogen and oxygen atoms in total. The molecule has 0 fully saturated rings. The second-order valence-corrected chi connectivity index (χ2v) is 9.83. The van der Waals surface area contributed by atoms with E-state index in [2.05, 4.69) is 10.3 Å². The maximum atomic E-state index is 13.0. The van der Waals surface area contributed by atoms with E-state index in [-0.39, 0.29) is 12.2 Å². The van der Waals surface area contributed by atoms with Gasteiger partial charge in [-0.3, -0.25) is 9.78 Å². The van der Waals surface area contributed by atoms with Crippen molar-refractivity contribution in [2.45, 2.75) is 12.5 Å². The zero-order chi connectivity index (χ0) is 23.8. The molecule has 0 saturated heterocycles. The fourth-order valence-electron chi connectivity index (χ4n) is 3.21. The number of aliphatic carboxylic acids is 1. The van der Waals surface area contributed by atoms with E-state index in [1.54, 1.807) is 24.5 Å². The summed E-state index contributed by atoms with van der Waals surface area (Å²) in [4.78, 5) is 28.7. The van der Waals surface area contributed by atoms with E-state index in [1.807, 2.05) is 60.7 Å². The van der Waals surface area contributed by atoms with Crippen LogP contribution in [-0.2, 0) is 14.6 Å². The molecule has 33 heavy (non-hydrogen) atoms. The van der Waals surface area contributed by atoms with Crippen LogP contribution in [0.15, 0.2) is 73.1 Å². The van der Waals surface area contributed by atoms with E-state index in [4.69, 9.17) is 0 Å². The molecule has 1 amide bonds. The highest BCUT2D eigenvalue weighted by Crippen LogP contribution is 2.26. The summed E-state index contributed by atoms with van der Waals surface area (Å²) >= 11 is 0. The number of hydrogen-bond acceptors (Lipinski definition) is 5. The van der Waals surface area contributed by atoms with Crippen LogP contribution in [0, 0.1) is 0 Å². The van der Waals surface area contributed by atoms with Crippen LogP contribution in [-0.4, -0.2) is 48.4 Å². The summed E-state index contributed by atoms with van der Waals surface area (Å²) in [5, 5.41) is 11.9. The maximum absolute atomic E-state index is 13.0. The lowest BCUT2D eigenvalue weighted by molar-refractivity contribution is -0.139. The van der Waals surface area contributed by atoms with Gasteiger partial charge in [0.15, 0.2) is 0 Å². The number of carboxylic acid groups (broad SMARTS) is 1. The van der Waals surface area contributed by atoms with Crippen LogP contribution in [0.4, 0.5) is 0 Å². The van der Waals surface area contributed by atoms with E-state index in [0.717, 1.165) is 22.9 Å². The molecule has 0 spiro atoms. The zero-order valence-corrected chi connectivity index (χ0v) is 18.8. The molecule has 3 aromatic rings. The number of carbonyl (C=O) groups is 2. The van der Waals surface area contributed by atoms with Gasteiger partial charge in [-0.05, 0) is 46.9 Å². The number of sulfone groups is 1. The predicted molar refractivity (Wildman–Crippen MR) is 128 cm³/mol. The first-order valence-corrected chi connectivity index (χ1v) is 12.3. The van der Waals surface area contributed by atoms with Gasteiger partial charge in [0.2, 0.25) is 0 Å². The van der Waals surface area contributed by atoms with Crippen molar-refractivity contribution in [3.05, 3.63) is 89.7 Å². The number of nitrogens with zero attached hydrogens (tertiary/aromatic N) is 1. The van der Waals surface area contributed by atoms with Crippen LogP contribution < -0.4 is 5.32 Å². The Morgan fingerprint density at radius 2 is 1.76 bits per heavy atom. The molecule has 0 saturated carbocycles. The number of rotatable bonds is 9. The number of aromatic nitrogens is 1. The third kappa shape index (κ3) is 7.11. The summed E-state index contributed by atoms with van der Waals surface area (Å²) in [7, 11) is -3.37. The summed E-state index contributed by atoms with van der Waals surface area (Å²) in [5.74, 6) is -2.21. The Hall–Kier alpha value is -3.78. The van der Waals surface area contributed by atoms with E-state index < -0.39 is 27.8 Å². The number of carboxylic acids is 1. The highest BCUT2D eigenvalue weighted by Gasteiger charge is 2.23. The number of nitrogens with one attached hydrogen (secondary N) is 1. The first-order chi connectivity index (χ1) is 15.7. The Bertz CT molecular complexity index is 1260. The van der Waals surface area contributed by atoms with Gasteiger partial charge in [-0.15, -0.1) is 0 Å². The summed E-state index contributed by atoms with van der Waals surface area (Å²) < 4.78 is 22.9. The lowest BCUT2D eigenvalue weighted by atomic mass is 9.96. The Balaban J connectivity index is 1.92. The van der Waals surface area contributed by atoms with Gasteiger partial charge in [0, 0.05) is 24.2 Å². The van der Waals surface area contributed by atoms with Crippen molar-refractivity contribution in [3.8, 4) is 11.1 Å². The summed E-state index contributed by atoms with van der Waals surface area (Å²) in [6.07, 6.45) is 8.04. The highest BCUT2D eigenvalue weighted by molar-refractivity contribution is 7.90. The van der Waals surface area contributed by atoms with Gasteiger partial charge in [-0.2, -0.15) is 0 Å². The van der Waals surface area contributed by atoms with Gasteiger partial charge < -0.3 is 10.4 Å². The van der Waals surface area contributed by atoms with Crippen molar-refractivity contribution >= 4 is 33.9 Å². The Morgan fingerprint density at radius 3 is 2.39 bits per heavy atom. The van der Waals surface area contributed by atoms with E-state index in [9.17, 15) is 23.1 Å². The SMILES string of the molecule is CS(=O)(=O)CCC(NC(=O)c1ccc(C=Cc2cccnc2)cc1-c1ccccc1)C(=O)O. The molecule has 0 aliphatic carbocycles. The smallest absolute Gasteiger partial charge is 0.326 e. The highest BCUT2D eigenvalue weighted by atomic mass is 32.2. The van der Waals surface area contributed by atoms with Crippen molar-refractivity contribution in [3.63, 3.8) is 0 Å². The molecule has 8 heteroatoms. The number of amides is 1. The molecule has 2 N–H and O–H groups in total. The van der Waals surface area contributed by atoms with Gasteiger partial charge in [0.25, 0.3) is 5.91 Å². The Labute approximate surface area is 192 Å². The number of pyridine rings is 1. The maximum Gasteiger partial charge on any atom is 0.326 e. The van der Waals surface area contributed by atoms with Crippen molar-refractivity contribution in [1.29, 1.82) is 0 Å². The molecule has 1 heterocycles. The van der Waals surface area contributed by atoms with Crippen LogP contribution in [0.5, 0.6) is 0 Å². The number of hydrogen-bond donors (Lipinski definition) is 2. The molecule has 0 aliphatic heterocycles. The molecule has 170 valence electrons. The third-order valence-corrected chi connectivity index (χ3v) is 5.88. The molecule has 0 bridgehead atoms. The number of benzene rings is 2. The van der Waals surface area contributed by atoms with Gasteiger partial charge in [0.05, 0.1) is 5.75 Å². The minimum absolute atomic E-state index is 0.216. The summed E-state index contributed by atoms with van der Waals surface area (Å²) in [5.41, 5.74) is 3.50. The standard InChI is InChI=1S/C25H24N2O5S/c1-33(31,32)15-13-23(25(29)30)27-24(28)21-12-11-18(9-10-19-6-5-14-26-17-19)16-22(21)20-7-3-2-4-8-20/h2-12,14,16-17,23H,13,15H2,1H3,(H,27,28)(H,29,30). The van der Waals surface area contributed by atoms with Crippen LogP contribution in [0.3, 0.4) is 0 Å². The second kappa shape index (κ2) is 10.7. The van der Waals surface area contributed by atoms with Gasteiger partial charge >= 0.3 is 5.97 Å². The molecule has 1 unspecified atom stereocenters.